The fraction of sp³-hybridized carbons (Fsp3) is 0.135. The van der Waals surface area contributed by atoms with Crippen LogP contribution in [-0.2, 0) is 17.4 Å². The van der Waals surface area contributed by atoms with E-state index in [1.807, 2.05) is 54.6 Å². The van der Waals surface area contributed by atoms with E-state index in [0.29, 0.717) is 5.52 Å². The summed E-state index contributed by atoms with van der Waals surface area (Å²) < 4.78 is 23.5. The highest BCUT2D eigenvalue weighted by Gasteiger charge is 2.37. The van der Waals surface area contributed by atoms with Crippen LogP contribution < -0.4 is 15.7 Å². The number of carbonyl (C=O) groups excluding carboxylic acids is 1. The molecule has 0 bridgehead atoms. The number of aromatic nitrogens is 2. The molecule has 7 heteroatoms. The van der Waals surface area contributed by atoms with Gasteiger partial charge in [-0.3, -0.25) is 19.2 Å². The van der Waals surface area contributed by atoms with Crippen LogP contribution in [-0.4, -0.2) is 21.6 Å². The number of carbonyl (C=O) groups is 1. The van der Waals surface area contributed by atoms with Crippen LogP contribution in [0, 0.1) is 11.7 Å². The number of para-hydroxylation sites is 3. The molecule has 0 radical (unpaired) electrons. The van der Waals surface area contributed by atoms with Crippen molar-refractivity contribution in [2.75, 3.05) is 6.54 Å². The SMILES string of the molecule is C[C@@H](CNC(c1ccccc1)(c1ccccc1)c1ccccc1)C(=O)Oc1ccccc1-n1c(=O)n(C)c2cccc(F)c21. The summed E-state index contributed by atoms with van der Waals surface area (Å²) in [5.41, 5.74) is 2.74. The maximum atomic E-state index is 15.0. The topological polar surface area (TPSA) is 65.3 Å². The van der Waals surface area contributed by atoms with E-state index in [0.717, 1.165) is 16.7 Å². The van der Waals surface area contributed by atoms with E-state index in [9.17, 15) is 14.0 Å². The lowest BCUT2D eigenvalue weighted by Gasteiger charge is -2.37. The lowest BCUT2D eigenvalue weighted by molar-refractivity contribution is -0.138. The molecule has 44 heavy (non-hydrogen) atoms. The molecule has 6 nitrogen and oxygen atoms in total. The first-order valence-electron chi connectivity index (χ1n) is 14.5. The third kappa shape index (κ3) is 5.12. The molecule has 0 aliphatic carbocycles. The van der Waals surface area contributed by atoms with Crippen molar-refractivity contribution >= 4 is 17.0 Å². The third-order valence-electron chi connectivity index (χ3n) is 8.04. The zero-order valence-electron chi connectivity index (χ0n) is 24.5. The van der Waals surface area contributed by atoms with Gasteiger partial charge in [0, 0.05) is 13.6 Å². The van der Waals surface area contributed by atoms with Gasteiger partial charge in [0.15, 0.2) is 5.75 Å². The molecule has 1 aromatic heterocycles. The lowest BCUT2D eigenvalue weighted by atomic mass is 9.76. The van der Waals surface area contributed by atoms with E-state index < -0.39 is 28.9 Å². The number of imidazole rings is 1. The number of benzene rings is 5. The Kier molecular flexibility index (Phi) is 7.96. The molecule has 6 aromatic rings. The summed E-state index contributed by atoms with van der Waals surface area (Å²) in [7, 11) is 1.58. The highest BCUT2D eigenvalue weighted by atomic mass is 19.1. The van der Waals surface area contributed by atoms with Crippen LogP contribution in [0.15, 0.2) is 138 Å². The van der Waals surface area contributed by atoms with Gasteiger partial charge in [0.2, 0.25) is 0 Å². The third-order valence-corrected chi connectivity index (χ3v) is 8.04. The Labute approximate surface area is 255 Å². The fourth-order valence-corrected chi connectivity index (χ4v) is 5.77. The van der Waals surface area contributed by atoms with Crippen LogP contribution in [0.3, 0.4) is 0 Å². The van der Waals surface area contributed by atoms with Gasteiger partial charge in [0.1, 0.15) is 11.3 Å². The van der Waals surface area contributed by atoms with E-state index in [2.05, 4.69) is 41.7 Å². The van der Waals surface area contributed by atoms with Crippen molar-refractivity contribution in [1.29, 1.82) is 0 Å². The van der Waals surface area contributed by atoms with Crippen molar-refractivity contribution in [2.45, 2.75) is 12.5 Å². The highest BCUT2D eigenvalue weighted by molar-refractivity contribution is 5.81. The number of halogens is 1. The zero-order valence-corrected chi connectivity index (χ0v) is 24.5. The van der Waals surface area contributed by atoms with Gasteiger partial charge in [0.25, 0.3) is 0 Å². The fourth-order valence-electron chi connectivity index (χ4n) is 5.77. The average Bonchev–Trinajstić information content (AvgIpc) is 3.33. The van der Waals surface area contributed by atoms with Crippen LogP contribution in [0.25, 0.3) is 16.7 Å². The zero-order chi connectivity index (χ0) is 30.7. The number of aryl methyl sites for hydroxylation is 1. The smallest absolute Gasteiger partial charge is 0.333 e. The van der Waals surface area contributed by atoms with Crippen molar-refractivity contribution in [1.82, 2.24) is 14.5 Å². The molecule has 1 heterocycles. The number of nitrogens with zero attached hydrogens (tertiary/aromatic N) is 2. The number of nitrogens with one attached hydrogen (secondary N) is 1. The van der Waals surface area contributed by atoms with Crippen molar-refractivity contribution in [3.63, 3.8) is 0 Å². The first kappa shape index (κ1) is 28.8. The molecule has 0 amide bonds. The number of fused-ring (bicyclic) bond motifs is 1. The van der Waals surface area contributed by atoms with Gasteiger partial charge in [-0.2, -0.15) is 0 Å². The summed E-state index contributed by atoms with van der Waals surface area (Å²) in [6, 6.07) is 41.7. The maximum absolute atomic E-state index is 15.0. The van der Waals surface area contributed by atoms with Gasteiger partial charge in [-0.15, -0.1) is 0 Å². The molecule has 0 unspecified atom stereocenters. The number of hydrogen-bond acceptors (Lipinski definition) is 4. The minimum Gasteiger partial charge on any atom is -0.424 e. The molecule has 220 valence electrons. The standard InChI is InChI=1S/C37H32FN3O3/c1-26(25-39-37(27-15-6-3-7-16-27,28-17-8-4-9-18-28)29-19-10-5-11-20-29)35(42)44-33-24-13-12-22-31(33)41-34-30(38)21-14-23-32(34)40(2)36(41)43/h3-24,26,39H,25H2,1-2H3/t26-/m0/s1. The molecule has 6 rings (SSSR count). The molecule has 5 aromatic carbocycles. The Morgan fingerprint density at radius 3 is 1.86 bits per heavy atom. The lowest BCUT2D eigenvalue weighted by Crippen LogP contribution is -2.47. The second-order valence-corrected chi connectivity index (χ2v) is 10.8. The second kappa shape index (κ2) is 12.1. The van der Waals surface area contributed by atoms with Crippen LogP contribution >= 0.6 is 0 Å². The van der Waals surface area contributed by atoms with Gasteiger partial charge in [-0.05, 0) is 41.0 Å². The summed E-state index contributed by atoms with van der Waals surface area (Å²) in [6.45, 7) is 2.08. The van der Waals surface area contributed by atoms with Gasteiger partial charge in [-0.25, -0.2) is 9.18 Å². The van der Waals surface area contributed by atoms with Crippen molar-refractivity contribution in [3.05, 3.63) is 166 Å². The molecule has 0 fully saturated rings. The molecular weight excluding hydrogens is 553 g/mol. The predicted octanol–water partition coefficient (Wildman–Crippen LogP) is 6.59. The normalized spacial score (nSPS) is 12.2. The Hall–Kier alpha value is -5.27. The van der Waals surface area contributed by atoms with Crippen molar-refractivity contribution in [2.24, 2.45) is 13.0 Å². The van der Waals surface area contributed by atoms with Crippen LogP contribution in [0.2, 0.25) is 0 Å². The minimum atomic E-state index is -0.746. The summed E-state index contributed by atoms with van der Waals surface area (Å²) in [5, 5.41) is 3.73. The number of hydrogen-bond donors (Lipinski definition) is 1. The molecular formula is C37H32FN3O3. The molecule has 0 saturated heterocycles. The molecule has 0 saturated carbocycles. The molecule has 0 aliphatic rings. The van der Waals surface area contributed by atoms with Crippen molar-refractivity contribution in [3.8, 4) is 11.4 Å². The van der Waals surface area contributed by atoms with Crippen LogP contribution in [0.1, 0.15) is 23.6 Å². The first-order valence-corrected chi connectivity index (χ1v) is 14.5. The van der Waals surface area contributed by atoms with Gasteiger partial charge in [0.05, 0.1) is 22.7 Å². The van der Waals surface area contributed by atoms with Crippen LogP contribution in [0.4, 0.5) is 4.39 Å². The summed E-state index contributed by atoms with van der Waals surface area (Å²) >= 11 is 0. The Morgan fingerprint density at radius 2 is 1.30 bits per heavy atom. The molecule has 0 spiro atoms. The number of rotatable bonds is 9. The maximum Gasteiger partial charge on any atom is 0.333 e. The molecule has 1 N–H and O–H groups in total. The summed E-state index contributed by atoms with van der Waals surface area (Å²) in [6.07, 6.45) is 0. The predicted molar refractivity (Wildman–Crippen MR) is 170 cm³/mol. The van der Waals surface area contributed by atoms with Gasteiger partial charge in [-0.1, -0.05) is 116 Å². The van der Waals surface area contributed by atoms with Crippen molar-refractivity contribution < 1.29 is 13.9 Å². The largest absolute Gasteiger partial charge is 0.424 e. The minimum absolute atomic E-state index is 0.122. The Bertz CT molecular complexity index is 1870. The van der Waals surface area contributed by atoms with Gasteiger partial charge < -0.3 is 4.74 Å². The first-order chi connectivity index (χ1) is 21.4. The highest BCUT2D eigenvalue weighted by Crippen LogP contribution is 2.37. The number of ether oxygens (including phenoxy) is 1. The van der Waals surface area contributed by atoms with E-state index in [1.54, 1.807) is 50.4 Å². The Balaban J connectivity index is 1.33. The van der Waals surface area contributed by atoms with E-state index in [1.165, 1.54) is 15.2 Å². The van der Waals surface area contributed by atoms with Gasteiger partial charge >= 0.3 is 11.7 Å². The second-order valence-electron chi connectivity index (χ2n) is 10.8. The Morgan fingerprint density at radius 1 is 0.773 bits per heavy atom. The van der Waals surface area contributed by atoms with E-state index in [4.69, 9.17) is 4.74 Å². The van der Waals surface area contributed by atoms with E-state index >= 15 is 0 Å². The quantitative estimate of drug-likeness (QED) is 0.118. The van der Waals surface area contributed by atoms with E-state index in [-0.39, 0.29) is 23.5 Å². The monoisotopic (exact) mass is 585 g/mol. The van der Waals surface area contributed by atoms with Crippen LogP contribution in [0.5, 0.6) is 5.75 Å². The average molecular weight is 586 g/mol. The molecule has 0 aliphatic heterocycles. The summed E-state index contributed by atoms with van der Waals surface area (Å²) in [4.78, 5) is 26.9. The summed E-state index contributed by atoms with van der Waals surface area (Å²) in [5.74, 6) is -1.44. The number of esters is 1. The molecule has 1 atom stereocenters.